The molecule has 0 saturated carbocycles. The van der Waals surface area contributed by atoms with Crippen molar-refractivity contribution in [3.05, 3.63) is 66.1 Å². The van der Waals surface area contributed by atoms with Crippen LogP contribution < -0.4 is 10.1 Å². The quantitative estimate of drug-likeness (QED) is 0.601. The Morgan fingerprint density at radius 1 is 1.23 bits per heavy atom. The summed E-state index contributed by atoms with van der Waals surface area (Å²) in [7, 11) is 0. The van der Waals surface area contributed by atoms with E-state index in [-0.39, 0.29) is 5.91 Å². The van der Waals surface area contributed by atoms with Crippen molar-refractivity contribution in [1.82, 2.24) is 14.7 Å². The Kier molecular flexibility index (Phi) is 6.22. The predicted octanol–water partition coefficient (Wildman–Crippen LogP) is 3.07. The maximum Gasteiger partial charge on any atom is 0.251 e. The molecule has 26 heavy (non-hydrogen) atoms. The molecule has 0 atom stereocenters. The Morgan fingerprint density at radius 2 is 2.15 bits per heavy atom. The van der Waals surface area contributed by atoms with E-state index in [1.807, 2.05) is 54.0 Å². The zero-order valence-electron chi connectivity index (χ0n) is 14.9. The maximum absolute atomic E-state index is 12.2. The number of carbonyl (C=O) groups is 1. The predicted molar refractivity (Wildman–Crippen MR) is 99.4 cm³/mol. The number of imidazole rings is 1. The van der Waals surface area contributed by atoms with Crippen molar-refractivity contribution >= 4 is 11.6 Å². The zero-order valence-corrected chi connectivity index (χ0v) is 14.9. The molecule has 0 fully saturated rings. The second kappa shape index (κ2) is 9.01. The van der Waals surface area contributed by atoms with Gasteiger partial charge in [-0.05, 0) is 43.7 Å². The van der Waals surface area contributed by atoms with Gasteiger partial charge in [0.05, 0.1) is 5.69 Å². The number of nitrogens with one attached hydrogen (secondary N) is 1. The smallest absolute Gasteiger partial charge is 0.251 e. The summed E-state index contributed by atoms with van der Waals surface area (Å²) in [6, 6.07) is 13.0. The first-order chi connectivity index (χ1) is 12.8. The van der Waals surface area contributed by atoms with Crippen molar-refractivity contribution < 1.29 is 14.3 Å². The molecule has 3 rings (SSSR count). The molecule has 0 aliphatic heterocycles. The van der Waals surface area contributed by atoms with Crippen molar-refractivity contribution in [1.29, 1.82) is 0 Å². The van der Waals surface area contributed by atoms with E-state index in [0.29, 0.717) is 37.7 Å². The SMILES string of the molecule is CCOCCCNC(=O)c1cccc(OCc2cn3ccccc3n2)c1. The highest BCUT2D eigenvalue weighted by atomic mass is 16.5. The monoisotopic (exact) mass is 353 g/mol. The van der Waals surface area contributed by atoms with Gasteiger partial charge in [0, 0.05) is 37.7 Å². The first kappa shape index (κ1) is 17.9. The molecule has 2 heterocycles. The van der Waals surface area contributed by atoms with E-state index in [0.717, 1.165) is 17.8 Å². The van der Waals surface area contributed by atoms with Crippen LogP contribution in [0.3, 0.4) is 0 Å². The number of ether oxygens (including phenoxy) is 2. The van der Waals surface area contributed by atoms with Crippen LogP contribution in [0.4, 0.5) is 0 Å². The second-order valence-electron chi connectivity index (χ2n) is 5.82. The van der Waals surface area contributed by atoms with E-state index in [1.165, 1.54) is 0 Å². The van der Waals surface area contributed by atoms with Crippen molar-refractivity contribution in [3.8, 4) is 5.75 Å². The highest BCUT2D eigenvalue weighted by Gasteiger charge is 2.07. The number of fused-ring (bicyclic) bond motifs is 1. The lowest BCUT2D eigenvalue weighted by molar-refractivity contribution is 0.0943. The third-order valence-corrected chi connectivity index (χ3v) is 3.85. The molecule has 6 nitrogen and oxygen atoms in total. The number of carbonyl (C=O) groups excluding carboxylic acids is 1. The van der Waals surface area contributed by atoms with Gasteiger partial charge in [-0.1, -0.05) is 12.1 Å². The molecule has 0 radical (unpaired) electrons. The van der Waals surface area contributed by atoms with E-state index in [9.17, 15) is 4.79 Å². The Morgan fingerprint density at radius 3 is 3.00 bits per heavy atom. The maximum atomic E-state index is 12.2. The summed E-state index contributed by atoms with van der Waals surface area (Å²) in [5.74, 6) is 0.531. The van der Waals surface area contributed by atoms with Crippen LogP contribution in [0, 0.1) is 0 Å². The molecule has 1 N–H and O–H groups in total. The highest BCUT2D eigenvalue weighted by molar-refractivity contribution is 5.94. The fourth-order valence-electron chi connectivity index (χ4n) is 2.56. The summed E-state index contributed by atoms with van der Waals surface area (Å²) in [5.41, 5.74) is 2.29. The summed E-state index contributed by atoms with van der Waals surface area (Å²) in [5, 5.41) is 2.89. The van der Waals surface area contributed by atoms with Crippen LogP contribution in [-0.4, -0.2) is 35.1 Å². The van der Waals surface area contributed by atoms with E-state index >= 15 is 0 Å². The number of aromatic nitrogens is 2. The van der Waals surface area contributed by atoms with Crippen molar-refractivity contribution in [3.63, 3.8) is 0 Å². The number of amides is 1. The second-order valence-corrected chi connectivity index (χ2v) is 5.82. The van der Waals surface area contributed by atoms with Gasteiger partial charge in [-0.15, -0.1) is 0 Å². The minimum atomic E-state index is -0.111. The van der Waals surface area contributed by atoms with Gasteiger partial charge in [0.25, 0.3) is 5.91 Å². The standard InChI is InChI=1S/C20H23N3O3/c1-2-25-12-6-10-21-20(24)16-7-5-8-18(13-16)26-15-17-14-23-11-4-3-9-19(23)22-17/h3-5,7-9,11,13-14H,2,6,10,12,15H2,1H3,(H,21,24). The largest absolute Gasteiger partial charge is 0.487 e. The van der Waals surface area contributed by atoms with Gasteiger partial charge in [0.2, 0.25) is 0 Å². The lowest BCUT2D eigenvalue weighted by Gasteiger charge is -2.08. The summed E-state index contributed by atoms with van der Waals surface area (Å²) >= 11 is 0. The van der Waals surface area contributed by atoms with Gasteiger partial charge in [-0.3, -0.25) is 4.79 Å². The number of benzene rings is 1. The summed E-state index contributed by atoms with van der Waals surface area (Å²) in [4.78, 5) is 16.7. The molecular formula is C20H23N3O3. The van der Waals surface area contributed by atoms with Crippen LogP contribution in [0.5, 0.6) is 5.75 Å². The molecule has 0 aliphatic carbocycles. The molecule has 6 heteroatoms. The molecule has 0 unspecified atom stereocenters. The zero-order chi connectivity index (χ0) is 18.2. The molecule has 0 spiro atoms. The topological polar surface area (TPSA) is 64.9 Å². The van der Waals surface area contributed by atoms with E-state index in [4.69, 9.17) is 9.47 Å². The number of hydrogen-bond donors (Lipinski definition) is 1. The molecule has 136 valence electrons. The minimum absolute atomic E-state index is 0.111. The summed E-state index contributed by atoms with van der Waals surface area (Å²) < 4.78 is 13.0. The number of hydrogen-bond acceptors (Lipinski definition) is 4. The number of nitrogens with zero attached hydrogens (tertiary/aromatic N) is 2. The molecule has 2 aromatic heterocycles. The van der Waals surface area contributed by atoms with Crippen molar-refractivity contribution in [2.45, 2.75) is 20.0 Å². The molecule has 0 saturated heterocycles. The van der Waals surface area contributed by atoms with E-state index in [2.05, 4.69) is 10.3 Å². The Labute approximate surface area is 152 Å². The van der Waals surface area contributed by atoms with Crippen LogP contribution in [-0.2, 0) is 11.3 Å². The lowest BCUT2D eigenvalue weighted by Crippen LogP contribution is -2.25. The third-order valence-electron chi connectivity index (χ3n) is 3.85. The normalized spacial score (nSPS) is 10.8. The molecular weight excluding hydrogens is 330 g/mol. The van der Waals surface area contributed by atoms with Crippen LogP contribution in [0.25, 0.3) is 5.65 Å². The van der Waals surface area contributed by atoms with Gasteiger partial charge in [0.1, 0.15) is 18.0 Å². The van der Waals surface area contributed by atoms with Gasteiger partial charge >= 0.3 is 0 Å². The van der Waals surface area contributed by atoms with Crippen LogP contribution >= 0.6 is 0 Å². The Balaban J connectivity index is 1.54. The molecule has 3 aromatic rings. The van der Waals surface area contributed by atoms with Gasteiger partial charge in [0.15, 0.2) is 0 Å². The van der Waals surface area contributed by atoms with Crippen molar-refractivity contribution in [2.75, 3.05) is 19.8 Å². The summed E-state index contributed by atoms with van der Waals surface area (Å²) in [6.07, 6.45) is 4.68. The molecule has 0 bridgehead atoms. The first-order valence-corrected chi connectivity index (χ1v) is 8.77. The Bertz CT molecular complexity index is 827. The fourth-order valence-corrected chi connectivity index (χ4v) is 2.56. The van der Waals surface area contributed by atoms with E-state index < -0.39 is 0 Å². The average molecular weight is 353 g/mol. The molecule has 0 aliphatic rings. The van der Waals surface area contributed by atoms with Crippen LogP contribution in [0.15, 0.2) is 54.9 Å². The molecule has 1 aromatic carbocycles. The van der Waals surface area contributed by atoms with Gasteiger partial charge < -0.3 is 19.2 Å². The lowest BCUT2D eigenvalue weighted by atomic mass is 10.2. The first-order valence-electron chi connectivity index (χ1n) is 8.77. The number of pyridine rings is 1. The average Bonchev–Trinajstić information content (AvgIpc) is 3.09. The van der Waals surface area contributed by atoms with Crippen LogP contribution in [0.1, 0.15) is 29.4 Å². The van der Waals surface area contributed by atoms with Gasteiger partial charge in [-0.25, -0.2) is 4.98 Å². The van der Waals surface area contributed by atoms with Crippen molar-refractivity contribution in [2.24, 2.45) is 0 Å². The minimum Gasteiger partial charge on any atom is -0.487 e. The molecule has 1 amide bonds. The highest BCUT2D eigenvalue weighted by Crippen LogP contribution is 2.15. The Hall–Kier alpha value is -2.86. The third kappa shape index (κ3) is 4.83. The fraction of sp³-hybridized carbons (Fsp3) is 0.300. The van der Waals surface area contributed by atoms with E-state index in [1.54, 1.807) is 12.1 Å². The number of rotatable bonds is 9. The van der Waals surface area contributed by atoms with Gasteiger partial charge in [-0.2, -0.15) is 0 Å². The van der Waals surface area contributed by atoms with Crippen LogP contribution in [0.2, 0.25) is 0 Å². The summed E-state index contributed by atoms with van der Waals surface area (Å²) in [6.45, 7) is 4.24.